The molecule has 1 unspecified atom stereocenters. The van der Waals surface area contributed by atoms with E-state index in [9.17, 15) is 9.59 Å². The number of hydrogen-bond acceptors (Lipinski definition) is 5. The number of anilines is 2. The van der Waals surface area contributed by atoms with Crippen LogP contribution in [0.2, 0.25) is 0 Å². The molecule has 0 bridgehead atoms. The quantitative estimate of drug-likeness (QED) is 0.573. The van der Waals surface area contributed by atoms with Crippen LogP contribution in [-0.2, 0) is 9.53 Å². The highest BCUT2D eigenvalue weighted by atomic mass is 32.2. The molecule has 1 atom stereocenters. The van der Waals surface area contributed by atoms with Gasteiger partial charge in [0.2, 0.25) is 5.91 Å². The number of benzene rings is 2. The van der Waals surface area contributed by atoms with Gasteiger partial charge in [0.15, 0.2) is 5.11 Å². The van der Waals surface area contributed by atoms with E-state index in [1.165, 1.54) is 6.92 Å². The molecule has 0 aliphatic carbocycles. The van der Waals surface area contributed by atoms with E-state index >= 15 is 0 Å². The first kappa shape index (κ1) is 21.7. The molecule has 2 amide bonds. The molecule has 0 aliphatic heterocycles. The number of rotatable bonds is 6. The van der Waals surface area contributed by atoms with Crippen LogP contribution in [0, 0.1) is 0 Å². The van der Waals surface area contributed by atoms with Crippen molar-refractivity contribution in [3.63, 3.8) is 0 Å². The zero-order valence-electron chi connectivity index (χ0n) is 15.9. The monoisotopic (exact) mass is 417 g/mol. The number of hydrogen-bond donors (Lipinski definition) is 3. The number of alkyl carbamates (subject to hydrolysis) is 1. The molecule has 28 heavy (non-hydrogen) atoms. The molecule has 2 aromatic rings. The third-order valence-electron chi connectivity index (χ3n) is 3.63. The summed E-state index contributed by atoms with van der Waals surface area (Å²) in [5.41, 5.74) is 1.13. The summed E-state index contributed by atoms with van der Waals surface area (Å²) in [5.74, 6) is -0.208. The minimum absolute atomic E-state index is 0.0865. The van der Waals surface area contributed by atoms with Crippen molar-refractivity contribution < 1.29 is 14.3 Å². The largest absolute Gasteiger partial charge is 0.446 e. The lowest BCUT2D eigenvalue weighted by Gasteiger charge is -2.16. The number of ether oxygens (including phenoxy) is 1. The highest BCUT2D eigenvalue weighted by molar-refractivity contribution is 7.99. The Balaban J connectivity index is 2.10. The molecule has 0 fully saturated rings. The van der Waals surface area contributed by atoms with Crippen LogP contribution in [0.25, 0.3) is 0 Å². The van der Waals surface area contributed by atoms with Crippen molar-refractivity contribution in [1.29, 1.82) is 0 Å². The van der Waals surface area contributed by atoms with E-state index in [4.69, 9.17) is 17.0 Å². The Hall–Kier alpha value is -2.58. The lowest BCUT2D eigenvalue weighted by molar-refractivity contribution is -0.114. The molecule has 0 spiro atoms. The van der Waals surface area contributed by atoms with Crippen molar-refractivity contribution in [2.24, 2.45) is 0 Å². The van der Waals surface area contributed by atoms with Gasteiger partial charge in [-0.2, -0.15) is 0 Å². The number of carbonyl (C=O) groups excluding carboxylic acids is 2. The van der Waals surface area contributed by atoms with E-state index in [0.29, 0.717) is 17.8 Å². The highest BCUT2D eigenvalue weighted by Gasteiger charge is 2.12. The molecule has 0 heterocycles. The van der Waals surface area contributed by atoms with Crippen LogP contribution < -0.4 is 16.0 Å². The predicted molar refractivity (Wildman–Crippen MR) is 117 cm³/mol. The molecule has 2 aromatic carbocycles. The SMILES string of the molecule is CCC(C)OC(=O)NC(=S)Nc1ccc(Sc2ccccc2)cc1NC(C)=O. The van der Waals surface area contributed by atoms with E-state index in [1.807, 2.05) is 49.4 Å². The maximum absolute atomic E-state index is 11.8. The lowest BCUT2D eigenvalue weighted by atomic mass is 10.2. The lowest BCUT2D eigenvalue weighted by Crippen LogP contribution is -2.36. The second-order valence-electron chi connectivity index (χ2n) is 6.01. The van der Waals surface area contributed by atoms with Crippen molar-refractivity contribution in [1.82, 2.24) is 5.32 Å². The molecular weight excluding hydrogens is 394 g/mol. The Kier molecular flexibility index (Phi) is 8.28. The minimum Gasteiger partial charge on any atom is -0.446 e. The van der Waals surface area contributed by atoms with Gasteiger partial charge in [0, 0.05) is 16.7 Å². The average molecular weight is 418 g/mol. The van der Waals surface area contributed by atoms with Crippen molar-refractivity contribution in [3.05, 3.63) is 48.5 Å². The van der Waals surface area contributed by atoms with Crippen LogP contribution >= 0.6 is 24.0 Å². The van der Waals surface area contributed by atoms with Gasteiger partial charge in [0.05, 0.1) is 11.4 Å². The van der Waals surface area contributed by atoms with Crippen molar-refractivity contribution in [2.45, 2.75) is 43.1 Å². The molecular formula is C20H23N3O3S2. The summed E-state index contributed by atoms with van der Waals surface area (Å²) in [4.78, 5) is 25.4. The molecule has 0 aromatic heterocycles. The van der Waals surface area contributed by atoms with Crippen LogP contribution in [0.3, 0.4) is 0 Å². The number of amides is 2. The zero-order chi connectivity index (χ0) is 20.5. The van der Waals surface area contributed by atoms with Gasteiger partial charge >= 0.3 is 6.09 Å². The Labute approximate surface area is 174 Å². The number of carbonyl (C=O) groups is 2. The fraction of sp³-hybridized carbons (Fsp3) is 0.250. The van der Waals surface area contributed by atoms with Gasteiger partial charge in [-0.15, -0.1) is 0 Å². The number of nitrogens with one attached hydrogen (secondary N) is 3. The Morgan fingerprint density at radius 3 is 2.43 bits per heavy atom. The Morgan fingerprint density at radius 1 is 1.07 bits per heavy atom. The van der Waals surface area contributed by atoms with Gasteiger partial charge in [-0.1, -0.05) is 36.9 Å². The van der Waals surface area contributed by atoms with Gasteiger partial charge in [-0.3, -0.25) is 10.1 Å². The first-order chi connectivity index (χ1) is 13.4. The zero-order valence-corrected chi connectivity index (χ0v) is 17.6. The van der Waals surface area contributed by atoms with Gasteiger partial charge in [0.25, 0.3) is 0 Å². The maximum Gasteiger partial charge on any atom is 0.413 e. The van der Waals surface area contributed by atoms with Gasteiger partial charge < -0.3 is 15.4 Å². The third kappa shape index (κ3) is 7.21. The van der Waals surface area contributed by atoms with E-state index < -0.39 is 6.09 Å². The highest BCUT2D eigenvalue weighted by Crippen LogP contribution is 2.33. The number of thiocarbonyl (C=S) groups is 1. The van der Waals surface area contributed by atoms with Crippen LogP contribution in [0.4, 0.5) is 16.2 Å². The summed E-state index contributed by atoms with van der Waals surface area (Å²) in [5, 5.41) is 8.26. The Bertz CT molecular complexity index is 844. The van der Waals surface area contributed by atoms with Crippen LogP contribution in [0.15, 0.2) is 58.3 Å². The summed E-state index contributed by atoms with van der Waals surface area (Å²) in [6.45, 7) is 5.15. The van der Waals surface area contributed by atoms with Crippen LogP contribution in [-0.4, -0.2) is 23.2 Å². The maximum atomic E-state index is 11.8. The molecule has 148 valence electrons. The summed E-state index contributed by atoms with van der Waals surface area (Å²) < 4.78 is 5.14. The molecule has 0 saturated carbocycles. The molecule has 8 heteroatoms. The topological polar surface area (TPSA) is 79.5 Å². The van der Waals surface area contributed by atoms with Crippen molar-refractivity contribution in [3.8, 4) is 0 Å². The fourth-order valence-corrected chi connectivity index (χ4v) is 3.23. The molecule has 0 saturated heterocycles. The molecule has 6 nitrogen and oxygen atoms in total. The second-order valence-corrected chi connectivity index (χ2v) is 7.56. The predicted octanol–water partition coefficient (Wildman–Crippen LogP) is 5.02. The first-order valence-corrected chi connectivity index (χ1v) is 10.0. The molecule has 2 rings (SSSR count). The standard InChI is InChI=1S/C20H23N3O3S2/c1-4-13(2)26-20(25)23-19(27)22-17-11-10-16(12-18(17)21-14(3)24)28-15-8-6-5-7-9-15/h5-13H,4H2,1-3H3,(H,21,24)(H2,22,23,25,27). The van der Waals surface area contributed by atoms with E-state index in [-0.39, 0.29) is 17.1 Å². The Morgan fingerprint density at radius 2 is 1.79 bits per heavy atom. The minimum atomic E-state index is -0.621. The van der Waals surface area contributed by atoms with E-state index in [1.54, 1.807) is 24.8 Å². The van der Waals surface area contributed by atoms with Gasteiger partial charge in [-0.25, -0.2) is 4.79 Å². The molecule has 0 radical (unpaired) electrons. The van der Waals surface area contributed by atoms with Crippen LogP contribution in [0.5, 0.6) is 0 Å². The van der Waals surface area contributed by atoms with E-state index in [2.05, 4.69) is 16.0 Å². The normalized spacial score (nSPS) is 11.2. The van der Waals surface area contributed by atoms with Gasteiger partial charge in [0.1, 0.15) is 6.10 Å². The molecule has 3 N–H and O–H groups in total. The summed E-state index contributed by atoms with van der Waals surface area (Å²) in [7, 11) is 0. The first-order valence-electron chi connectivity index (χ1n) is 8.80. The average Bonchev–Trinajstić information content (AvgIpc) is 2.64. The molecule has 0 aliphatic rings. The summed E-state index contributed by atoms with van der Waals surface area (Å²) in [6.07, 6.45) is -0.114. The third-order valence-corrected chi connectivity index (χ3v) is 4.83. The fourth-order valence-electron chi connectivity index (χ4n) is 2.16. The smallest absolute Gasteiger partial charge is 0.413 e. The summed E-state index contributed by atoms with van der Waals surface area (Å²) >= 11 is 6.75. The van der Waals surface area contributed by atoms with E-state index in [0.717, 1.165) is 9.79 Å². The van der Waals surface area contributed by atoms with Gasteiger partial charge in [-0.05, 0) is 55.9 Å². The van der Waals surface area contributed by atoms with Crippen LogP contribution in [0.1, 0.15) is 27.2 Å². The van der Waals surface area contributed by atoms with Crippen molar-refractivity contribution in [2.75, 3.05) is 10.6 Å². The second kappa shape index (κ2) is 10.7. The summed E-state index contributed by atoms with van der Waals surface area (Å²) in [6, 6.07) is 15.5. The van der Waals surface area contributed by atoms with Crippen molar-refractivity contribution >= 4 is 52.5 Å².